The van der Waals surface area contributed by atoms with Gasteiger partial charge in [0.25, 0.3) is 0 Å². The monoisotopic (exact) mass is 301 g/mol. The van der Waals surface area contributed by atoms with E-state index in [0.29, 0.717) is 16.4 Å². The Kier molecular flexibility index (Phi) is 3.62. The van der Waals surface area contributed by atoms with Gasteiger partial charge in [-0.3, -0.25) is 0 Å². The van der Waals surface area contributed by atoms with Crippen LogP contribution in [0.5, 0.6) is 0 Å². The number of aliphatic hydroxyl groups is 1. The van der Waals surface area contributed by atoms with Crippen LogP contribution < -0.4 is 4.90 Å². The van der Waals surface area contributed by atoms with Crippen molar-refractivity contribution in [1.82, 2.24) is 0 Å². The number of benzene rings is 2. The molecule has 2 aromatic carbocycles. The molecule has 0 bridgehead atoms. The van der Waals surface area contributed by atoms with E-state index in [9.17, 15) is 5.11 Å². The summed E-state index contributed by atoms with van der Waals surface area (Å²) < 4.78 is 5.70. The first kappa shape index (κ1) is 14.0. The number of hydrogen-bond acceptors (Lipinski definition) is 3. The summed E-state index contributed by atoms with van der Waals surface area (Å²) in [6.45, 7) is 0. The van der Waals surface area contributed by atoms with Crippen molar-refractivity contribution in [2.75, 3.05) is 19.0 Å². The number of furan rings is 1. The lowest BCUT2D eigenvalue weighted by molar-refractivity contribution is 0.192. The van der Waals surface area contributed by atoms with E-state index in [1.165, 1.54) is 0 Å². The second-order valence-electron chi connectivity index (χ2n) is 5.20. The normalized spacial score (nSPS) is 12.6. The molecule has 0 radical (unpaired) electrons. The van der Waals surface area contributed by atoms with Crippen molar-refractivity contribution in [3.8, 4) is 0 Å². The molecule has 3 rings (SSSR count). The predicted molar refractivity (Wildman–Crippen MR) is 86.1 cm³/mol. The Balaban J connectivity index is 1.96. The quantitative estimate of drug-likeness (QED) is 0.786. The average Bonchev–Trinajstić information content (AvgIpc) is 2.92. The number of para-hydroxylation sites is 1. The maximum Gasteiger partial charge on any atom is 0.153 e. The van der Waals surface area contributed by atoms with Gasteiger partial charge in [-0.05, 0) is 29.8 Å². The molecule has 0 amide bonds. The van der Waals surface area contributed by atoms with E-state index in [1.54, 1.807) is 6.07 Å². The third kappa shape index (κ3) is 2.62. The van der Waals surface area contributed by atoms with Gasteiger partial charge in [-0.15, -0.1) is 0 Å². The lowest BCUT2D eigenvalue weighted by Gasteiger charge is -2.14. The van der Waals surface area contributed by atoms with Gasteiger partial charge >= 0.3 is 0 Å². The summed E-state index contributed by atoms with van der Waals surface area (Å²) in [4.78, 5) is 2.01. The predicted octanol–water partition coefficient (Wildman–Crippen LogP) is 4.23. The van der Waals surface area contributed by atoms with Crippen LogP contribution in [0.4, 0.5) is 5.69 Å². The number of aliphatic hydroxyl groups excluding tert-OH is 1. The highest BCUT2D eigenvalue weighted by Crippen LogP contribution is 2.32. The summed E-state index contributed by atoms with van der Waals surface area (Å²) in [5.41, 5.74) is 2.48. The molecule has 0 saturated carbocycles. The Labute approximate surface area is 128 Å². The zero-order valence-electron chi connectivity index (χ0n) is 11.9. The Bertz CT molecular complexity index is 762. The van der Waals surface area contributed by atoms with E-state index in [4.69, 9.17) is 16.0 Å². The molecule has 0 aliphatic rings. The molecule has 0 saturated heterocycles. The summed E-state index contributed by atoms with van der Waals surface area (Å²) in [5, 5.41) is 11.9. The molecule has 1 atom stereocenters. The fourth-order valence-electron chi connectivity index (χ4n) is 2.30. The van der Waals surface area contributed by atoms with Gasteiger partial charge in [-0.25, -0.2) is 0 Å². The van der Waals surface area contributed by atoms with Gasteiger partial charge in [0.15, 0.2) is 5.58 Å². The number of fused-ring (bicyclic) bond motifs is 1. The summed E-state index contributed by atoms with van der Waals surface area (Å²) in [7, 11) is 3.96. The zero-order valence-corrected chi connectivity index (χ0v) is 12.6. The number of anilines is 1. The van der Waals surface area contributed by atoms with Crippen molar-refractivity contribution in [3.63, 3.8) is 0 Å². The molecule has 1 aromatic heterocycles. The maximum absolute atomic E-state index is 10.5. The smallest absolute Gasteiger partial charge is 0.153 e. The summed E-state index contributed by atoms with van der Waals surface area (Å²) in [6, 6.07) is 15.1. The molecule has 0 fully saturated rings. The van der Waals surface area contributed by atoms with Crippen LogP contribution in [0.1, 0.15) is 17.4 Å². The third-order valence-corrected chi connectivity index (χ3v) is 3.81. The standard InChI is InChI=1S/C17H16ClNO2/c1-19(2)13-8-6-11(7-9-13)16(20)15-10-12-4-3-5-14(18)17(12)21-15/h3-10,16,20H,1-2H3. The van der Waals surface area contributed by atoms with Crippen molar-refractivity contribution < 1.29 is 9.52 Å². The van der Waals surface area contributed by atoms with Gasteiger partial charge in [0, 0.05) is 25.2 Å². The molecular formula is C17H16ClNO2. The van der Waals surface area contributed by atoms with Crippen LogP contribution >= 0.6 is 11.6 Å². The Morgan fingerprint density at radius 1 is 1.10 bits per heavy atom. The second kappa shape index (κ2) is 5.43. The number of hydrogen-bond donors (Lipinski definition) is 1. The average molecular weight is 302 g/mol. The van der Waals surface area contributed by atoms with Crippen molar-refractivity contribution in [3.05, 3.63) is 64.9 Å². The van der Waals surface area contributed by atoms with Crippen LogP contribution in [0.3, 0.4) is 0 Å². The molecule has 21 heavy (non-hydrogen) atoms. The van der Waals surface area contributed by atoms with E-state index in [1.807, 2.05) is 61.5 Å². The second-order valence-corrected chi connectivity index (χ2v) is 5.60. The SMILES string of the molecule is CN(C)c1ccc(C(O)c2cc3cccc(Cl)c3o2)cc1. The van der Waals surface area contributed by atoms with Crippen molar-refractivity contribution in [1.29, 1.82) is 0 Å². The van der Waals surface area contributed by atoms with E-state index in [0.717, 1.165) is 16.6 Å². The molecular weight excluding hydrogens is 286 g/mol. The molecule has 1 heterocycles. The summed E-state index contributed by atoms with van der Waals surface area (Å²) in [6.07, 6.45) is -0.801. The molecule has 3 nitrogen and oxygen atoms in total. The largest absolute Gasteiger partial charge is 0.456 e. The minimum atomic E-state index is -0.801. The van der Waals surface area contributed by atoms with E-state index in [-0.39, 0.29) is 0 Å². The lowest BCUT2D eigenvalue weighted by Crippen LogP contribution is -2.08. The fraction of sp³-hybridized carbons (Fsp3) is 0.176. The van der Waals surface area contributed by atoms with Crippen LogP contribution in [-0.2, 0) is 0 Å². The van der Waals surface area contributed by atoms with Crippen molar-refractivity contribution in [2.24, 2.45) is 0 Å². The highest BCUT2D eigenvalue weighted by molar-refractivity contribution is 6.34. The Hall–Kier alpha value is -1.97. The van der Waals surface area contributed by atoms with Gasteiger partial charge in [0.2, 0.25) is 0 Å². The van der Waals surface area contributed by atoms with Gasteiger partial charge in [0.05, 0.1) is 5.02 Å². The fourth-order valence-corrected chi connectivity index (χ4v) is 2.52. The first-order valence-corrected chi connectivity index (χ1v) is 7.07. The van der Waals surface area contributed by atoms with Crippen LogP contribution in [0.2, 0.25) is 5.02 Å². The Morgan fingerprint density at radius 3 is 2.43 bits per heavy atom. The van der Waals surface area contributed by atoms with Gasteiger partial charge in [-0.1, -0.05) is 35.9 Å². The van der Waals surface area contributed by atoms with Crippen LogP contribution in [-0.4, -0.2) is 19.2 Å². The van der Waals surface area contributed by atoms with E-state index in [2.05, 4.69) is 0 Å². The highest BCUT2D eigenvalue weighted by atomic mass is 35.5. The molecule has 108 valence electrons. The molecule has 3 aromatic rings. The summed E-state index contributed by atoms with van der Waals surface area (Å²) in [5.74, 6) is 0.496. The number of nitrogens with zero attached hydrogens (tertiary/aromatic N) is 1. The van der Waals surface area contributed by atoms with E-state index < -0.39 is 6.10 Å². The highest BCUT2D eigenvalue weighted by Gasteiger charge is 2.16. The molecule has 4 heteroatoms. The molecule has 0 spiro atoms. The third-order valence-electron chi connectivity index (χ3n) is 3.51. The molecule has 0 aliphatic carbocycles. The topological polar surface area (TPSA) is 36.6 Å². The molecule has 1 N–H and O–H groups in total. The summed E-state index contributed by atoms with van der Waals surface area (Å²) >= 11 is 6.10. The number of halogens is 1. The minimum absolute atomic E-state index is 0.496. The number of rotatable bonds is 3. The first-order chi connectivity index (χ1) is 10.1. The minimum Gasteiger partial charge on any atom is -0.456 e. The maximum atomic E-state index is 10.5. The van der Waals surface area contributed by atoms with Crippen LogP contribution in [0.15, 0.2) is 52.9 Å². The van der Waals surface area contributed by atoms with Crippen molar-refractivity contribution >= 4 is 28.3 Å². The Morgan fingerprint density at radius 2 is 1.81 bits per heavy atom. The van der Waals surface area contributed by atoms with Crippen LogP contribution in [0.25, 0.3) is 11.0 Å². The zero-order chi connectivity index (χ0) is 15.0. The van der Waals surface area contributed by atoms with Crippen molar-refractivity contribution in [2.45, 2.75) is 6.10 Å². The van der Waals surface area contributed by atoms with Crippen LogP contribution in [0, 0.1) is 0 Å². The van der Waals surface area contributed by atoms with Gasteiger partial charge in [-0.2, -0.15) is 0 Å². The van der Waals surface area contributed by atoms with Gasteiger partial charge < -0.3 is 14.4 Å². The van der Waals surface area contributed by atoms with Gasteiger partial charge in [0.1, 0.15) is 11.9 Å². The lowest BCUT2D eigenvalue weighted by atomic mass is 10.1. The molecule has 1 unspecified atom stereocenters. The first-order valence-electron chi connectivity index (χ1n) is 6.69. The molecule has 0 aliphatic heterocycles. The van der Waals surface area contributed by atoms with E-state index >= 15 is 0 Å².